The van der Waals surface area contributed by atoms with E-state index in [9.17, 15) is 9.50 Å². The van der Waals surface area contributed by atoms with Crippen molar-refractivity contribution in [1.29, 1.82) is 0 Å². The topological polar surface area (TPSA) is 62.4 Å². The van der Waals surface area contributed by atoms with Crippen LogP contribution in [-0.2, 0) is 6.54 Å². The van der Waals surface area contributed by atoms with Crippen molar-refractivity contribution in [3.63, 3.8) is 0 Å². The first-order valence-corrected chi connectivity index (χ1v) is 7.80. The molecule has 1 atom stereocenters. The first-order chi connectivity index (χ1) is 10.8. The van der Waals surface area contributed by atoms with Crippen LogP contribution in [0.25, 0.3) is 11.5 Å². The van der Waals surface area contributed by atoms with Gasteiger partial charge in [-0.1, -0.05) is 19.9 Å². The first-order valence-electron chi connectivity index (χ1n) is 7.80. The van der Waals surface area contributed by atoms with Gasteiger partial charge in [0.1, 0.15) is 5.82 Å². The fourth-order valence-corrected chi connectivity index (χ4v) is 2.90. The van der Waals surface area contributed by atoms with E-state index in [1.54, 1.807) is 12.1 Å². The molecule has 0 bridgehead atoms. The molecule has 6 heteroatoms. The number of piperidine rings is 1. The van der Waals surface area contributed by atoms with Gasteiger partial charge in [0, 0.05) is 24.1 Å². The van der Waals surface area contributed by atoms with Gasteiger partial charge in [-0.05, 0) is 31.5 Å². The van der Waals surface area contributed by atoms with Crippen molar-refractivity contribution in [3.8, 4) is 11.5 Å². The molecule has 23 heavy (non-hydrogen) atoms. The van der Waals surface area contributed by atoms with E-state index >= 15 is 0 Å². The average Bonchev–Trinajstić information content (AvgIpc) is 2.92. The Morgan fingerprint density at radius 1 is 1.30 bits per heavy atom. The fourth-order valence-electron chi connectivity index (χ4n) is 2.90. The van der Waals surface area contributed by atoms with E-state index in [1.165, 1.54) is 12.1 Å². The molecule has 0 saturated carbocycles. The Bertz CT molecular complexity index is 697. The zero-order valence-corrected chi connectivity index (χ0v) is 13.7. The minimum absolute atomic E-state index is 0.212. The second kappa shape index (κ2) is 5.69. The number of nitrogens with zero attached hydrogens (tertiary/aromatic N) is 3. The molecule has 2 aromatic rings. The third-order valence-corrected chi connectivity index (χ3v) is 4.89. The summed E-state index contributed by atoms with van der Waals surface area (Å²) in [6.45, 7) is 8.06. The lowest BCUT2D eigenvalue weighted by atomic mass is 9.71. The van der Waals surface area contributed by atoms with Crippen LogP contribution in [0, 0.1) is 11.2 Å². The molecule has 1 aromatic carbocycles. The van der Waals surface area contributed by atoms with Gasteiger partial charge in [0.15, 0.2) is 0 Å². The van der Waals surface area contributed by atoms with Gasteiger partial charge in [-0.3, -0.25) is 4.90 Å². The number of halogens is 1. The van der Waals surface area contributed by atoms with E-state index in [1.807, 2.05) is 6.92 Å². The molecule has 0 aliphatic carbocycles. The molecule has 124 valence electrons. The zero-order chi connectivity index (χ0) is 16.7. The largest absolute Gasteiger partial charge is 0.419 e. The smallest absolute Gasteiger partial charge is 0.247 e. The van der Waals surface area contributed by atoms with Gasteiger partial charge in [-0.2, -0.15) is 0 Å². The van der Waals surface area contributed by atoms with Crippen LogP contribution < -0.4 is 0 Å². The number of hydrogen-bond acceptors (Lipinski definition) is 5. The second-order valence-corrected chi connectivity index (χ2v) is 7.13. The molecule has 3 rings (SSSR count). The van der Waals surface area contributed by atoms with Crippen molar-refractivity contribution >= 4 is 0 Å². The van der Waals surface area contributed by atoms with E-state index in [0.29, 0.717) is 30.3 Å². The lowest BCUT2D eigenvalue weighted by Crippen LogP contribution is -2.55. The summed E-state index contributed by atoms with van der Waals surface area (Å²) in [5, 5.41) is 18.5. The van der Waals surface area contributed by atoms with Crippen LogP contribution in [-0.4, -0.2) is 38.9 Å². The second-order valence-electron chi connectivity index (χ2n) is 7.13. The summed E-state index contributed by atoms with van der Waals surface area (Å²) in [5.41, 5.74) is -0.312. The maximum atomic E-state index is 13.3. The van der Waals surface area contributed by atoms with Crippen LogP contribution >= 0.6 is 0 Å². The molecule has 1 fully saturated rings. The van der Waals surface area contributed by atoms with Crippen LogP contribution in [0.4, 0.5) is 4.39 Å². The van der Waals surface area contributed by atoms with E-state index in [0.717, 1.165) is 13.1 Å². The van der Waals surface area contributed by atoms with Gasteiger partial charge in [0.25, 0.3) is 0 Å². The summed E-state index contributed by atoms with van der Waals surface area (Å²) >= 11 is 0. The average molecular weight is 319 g/mol. The first kappa shape index (κ1) is 16.1. The predicted molar refractivity (Wildman–Crippen MR) is 84.0 cm³/mol. The molecule has 1 aliphatic rings. The minimum Gasteiger partial charge on any atom is -0.419 e. The number of likely N-dealkylation sites (tertiary alicyclic amines) is 1. The van der Waals surface area contributed by atoms with Crippen molar-refractivity contribution in [1.82, 2.24) is 15.1 Å². The molecule has 0 amide bonds. The van der Waals surface area contributed by atoms with Crippen LogP contribution in [0.1, 0.15) is 33.1 Å². The summed E-state index contributed by atoms with van der Waals surface area (Å²) in [5.74, 6) is 0.492. The Balaban J connectivity index is 1.71. The number of aliphatic hydroxyl groups is 1. The molecule has 0 unspecified atom stereocenters. The summed E-state index contributed by atoms with van der Waals surface area (Å²) in [4.78, 5) is 2.20. The highest BCUT2D eigenvalue weighted by Crippen LogP contribution is 2.38. The quantitative estimate of drug-likeness (QED) is 0.942. The number of aromatic nitrogens is 2. The normalized spacial score (nSPS) is 24.7. The summed E-state index contributed by atoms with van der Waals surface area (Å²) in [7, 11) is 0. The number of rotatable bonds is 3. The highest BCUT2D eigenvalue weighted by molar-refractivity contribution is 5.52. The number of hydrogen-bond donors (Lipinski definition) is 1. The van der Waals surface area contributed by atoms with Crippen LogP contribution in [0.2, 0.25) is 0 Å². The molecule has 0 spiro atoms. The Morgan fingerprint density at radius 2 is 2.09 bits per heavy atom. The Labute approximate surface area is 135 Å². The highest BCUT2D eigenvalue weighted by atomic mass is 19.1. The lowest BCUT2D eigenvalue weighted by molar-refractivity contribution is -0.108. The number of benzene rings is 1. The molecule has 1 saturated heterocycles. The SMILES string of the molecule is CC1(C)CN(Cc2nnc(-c3cccc(F)c3)o2)CC[C@@]1(C)O. The molecule has 5 nitrogen and oxygen atoms in total. The van der Waals surface area contributed by atoms with Gasteiger partial charge >= 0.3 is 0 Å². The summed E-state index contributed by atoms with van der Waals surface area (Å²) in [6.07, 6.45) is 0.699. The maximum absolute atomic E-state index is 13.3. The van der Waals surface area contributed by atoms with Gasteiger partial charge in [-0.25, -0.2) is 4.39 Å². The summed E-state index contributed by atoms with van der Waals surface area (Å²) < 4.78 is 18.9. The molecule has 1 N–H and O–H groups in total. The standard InChI is InChI=1S/C17H22FN3O2/c1-16(2)11-21(8-7-17(16,3)22)10-14-19-20-15(23-14)12-5-4-6-13(18)9-12/h4-6,9,22H,7-8,10-11H2,1-3H3/t17-/m1/s1. The van der Waals surface area contributed by atoms with Gasteiger partial charge in [0.05, 0.1) is 12.1 Å². The zero-order valence-electron chi connectivity index (χ0n) is 13.7. The predicted octanol–water partition coefficient (Wildman–Crippen LogP) is 2.86. The lowest BCUT2D eigenvalue weighted by Gasteiger charge is -2.48. The molecule has 1 aromatic heterocycles. The molecular formula is C17H22FN3O2. The third-order valence-electron chi connectivity index (χ3n) is 4.89. The Kier molecular flexibility index (Phi) is 3.98. The monoisotopic (exact) mass is 319 g/mol. The van der Waals surface area contributed by atoms with Gasteiger partial charge < -0.3 is 9.52 Å². The van der Waals surface area contributed by atoms with Crippen LogP contribution in [0.15, 0.2) is 28.7 Å². The molecular weight excluding hydrogens is 297 g/mol. The fraction of sp³-hybridized carbons (Fsp3) is 0.529. The van der Waals surface area contributed by atoms with E-state index in [2.05, 4.69) is 28.9 Å². The van der Waals surface area contributed by atoms with Crippen molar-refractivity contribution in [3.05, 3.63) is 36.0 Å². The van der Waals surface area contributed by atoms with Crippen molar-refractivity contribution < 1.29 is 13.9 Å². The molecule has 2 heterocycles. The van der Waals surface area contributed by atoms with Gasteiger partial charge in [0.2, 0.25) is 11.8 Å². The molecule has 1 aliphatic heterocycles. The minimum atomic E-state index is -0.676. The van der Waals surface area contributed by atoms with Gasteiger partial charge in [-0.15, -0.1) is 10.2 Å². The third kappa shape index (κ3) is 3.28. The van der Waals surface area contributed by atoms with E-state index in [-0.39, 0.29) is 11.2 Å². The maximum Gasteiger partial charge on any atom is 0.247 e. The Morgan fingerprint density at radius 3 is 2.78 bits per heavy atom. The Hall–Kier alpha value is -1.79. The van der Waals surface area contributed by atoms with E-state index in [4.69, 9.17) is 4.42 Å². The van der Waals surface area contributed by atoms with Crippen molar-refractivity contribution in [2.75, 3.05) is 13.1 Å². The molecule has 0 radical (unpaired) electrons. The van der Waals surface area contributed by atoms with Crippen LogP contribution in [0.5, 0.6) is 0 Å². The van der Waals surface area contributed by atoms with E-state index < -0.39 is 5.60 Å². The van der Waals surface area contributed by atoms with Crippen molar-refractivity contribution in [2.24, 2.45) is 5.41 Å². The van der Waals surface area contributed by atoms with Crippen LogP contribution in [0.3, 0.4) is 0 Å². The summed E-state index contributed by atoms with van der Waals surface area (Å²) in [6, 6.07) is 6.10. The van der Waals surface area contributed by atoms with Crippen molar-refractivity contribution in [2.45, 2.75) is 39.3 Å². The highest BCUT2D eigenvalue weighted by Gasteiger charge is 2.44.